The lowest BCUT2D eigenvalue weighted by atomic mass is 10.0. The zero-order valence-corrected chi connectivity index (χ0v) is 14.8. The Hall–Kier alpha value is -0.510. The molecule has 2 unspecified atom stereocenters. The van der Waals surface area contributed by atoms with Gasteiger partial charge in [0.15, 0.2) is 0 Å². The molecule has 1 N–H and O–H groups in total. The van der Waals surface area contributed by atoms with Crippen molar-refractivity contribution >= 4 is 11.8 Å². The van der Waals surface area contributed by atoms with Crippen LogP contribution in [0.4, 0.5) is 0 Å². The quantitative estimate of drug-likeness (QED) is 0.610. The molecule has 0 aromatic heterocycles. The largest absolute Gasteiger partial charge is 0.385 e. The second-order valence-electron chi connectivity index (χ2n) is 5.45. The molecule has 0 aliphatic rings. The van der Waals surface area contributed by atoms with E-state index in [1.54, 1.807) is 7.11 Å². The summed E-state index contributed by atoms with van der Waals surface area (Å²) in [6.45, 7) is 8.69. The third-order valence-corrected chi connectivity index (χ3v) is 5.03. The van der Waals surface area contributed by atoms with E-state index < -0.39 is 0 Å². The van der Waals surface area contributed by atoms with Gasteiger partial charge >= 0.3 is 0 Å². The second-order valence-corrected chi connectivity index (χ2v) is 6.93. The number of hydrogen-bond acceptors (Lipinski definition) is 3. The highest BCUT2D eigenvalue weighted by molar-refractivity contribution is 7.99. The van der Waals surface area contributed by atoms with E-state index in [2.05, 4.69) is 50.4 Å². The van der Waals surface area contributed by atoms with E-state index in [4.69, 9.17) is 4.74 Å². The van der Waals surface area contributed by atoms with Gasteiger partial charge in [-0.3, -0.25) is 0 Å². The van der Waals surface area contributed by atoms with Crippen LogP contribution >= 0.6 is 11.8 Å². The summed E-state index contributed by atoms with van der Waals surface area (Å²) >= 11 is 2.04. The van der Waals surface area contributed by atoms with Crippen LogP contribution in [0.25, 0.3) is 0 Å². The van der Waals surface area contributed by atoms with Crippen molar-refractivity contribution < 1.29 is 4.74 Å². The van der Waals surface area contributed by atoms with Crippen LogP contribution in [-0.2, 0) is 11.2 Å². The third kappa shape index (κ3) is 6.86. The van der Waals surface area contributed by atoms with Gasteiger partial charge in [0.25, 0.3) is 0 Å². The summed E-state index contributed by atoms with van der Waals surface area (Å²) in [4.78, 5) is 0. The molecular formula is C18H31NOS. The Bertz CT molecular complexity index is 366. The summed E-state index contributed by atoms with van der Waals surface area (Å²) in [6, 6.07) is 9.54. The molecule has 3 heteroatoms. The minimum Gasteiger partial charge on any atom is -0.385 e. The number of rotatable bonds is 11. The van der Waals surface area contributed by atoms with Crippen molar-refractivity contribution in [2.75, 3.05) is 26.0 Å². The molecule has 0 aliphatic heterocycles. The Morgan fingerprint density at radius 3 is 2.48 bits per heavy atom. The number of ether oxygens (including phenoxy) is 1. The Labute approximate surface area is 135 Å². The van der Waals surface area contributed by atoms with Gasteiger partial charge in [-0.1, -0.05) is 45.0 Å². The molecule has 0 bridgehead atoms. The van der Waals surface area contributed by atoms with Crippen molar-refractivity contribution in [2.24, 2.45) is 0 Å². The zero-order chi connectivity index (χ0) is 15.5. The second kappa shape index (κ2) is 11.1. The first kappa shape index (κ1) is 18.5. The first-order chi connectivity index (χ1) is 10.2. The molecular weight excluding hydrogens is 278 g/mol. The van der Waals surface area contributed by atoms with E-state index in [0.717, 1.165) is 31.7 Å². The van der Waals surface area contributed by atoms with Crippen LogP contribution in [0.1, 0.15) is 50.8 Å². The van der Waals surface area contributed by atoms with Crippen molar-refractivity contribution in [3.63, 3.8) is 0 Å². The van der Waals surface area contributed by atoms with Gasteiger partial charge in [0.2, 0.25) is 0 Å². The van der Waals surface area contributed by atoms with Crippen molar-refractivity contribution in [1.82, 2.24) is 5.32 Å². The molecule has 0 radical (unpaired) electrons. The van der Waals surface area contributed by atoms with E-state index in [-0.39, 0.29) is 0 Å². The van der Waals surface area contributed by atoms with Gasteiger partial charge in [-0.25, -0.2) is 0 Å². The summed E-state index contributed by atoms with van der Waals surface area (Å²) in [7, 11) is 1.77. The molecule has 0 fully saturated rings. The molecule has 120 valence electrons. The maximum absolute atomic E-state index is 5.13. The molecule has 1 aromatic carbocycles. The minimum absolute atomic E-state index is 0.434. The van der Waals surface area contributed by atoms with Gasteiger partial charge in [-0.2, -0.15) is 11.8 Å². The number of hydrogen-bond donors (Lipinski definition) is 1. The Morgan fingerprint density at radius 2 is 1.90 bits per heavy atom. The lowest BCUT2D eigenvalue weighted by Crippen LogP contribution is -2.29. The summed E-state index contributed by atoms with van der Waals surface area (Å²) < 4.78 is 5.13. The van der Waals surface area contributed by atoms with E-state index in [0.29, 0.717) is 11.3 Å². The highest BCUT2D eigenvalue weighted by atomic mass is 32.2. The maximum atomic E-state index is 5.13. The van der Waals surface area contributed by atoms with Crippen LogP contribution in [0.15, 0.2) is 24.3 Å². The van der Waals surface area contributed by atoms with Gasteiger partial charge in [0.1, 0.15) is 0 Å². The maximum Gasteiger partial charge on any atom is 0.0470 e. The minimum atomic E-state index is 0.434. The molecule has 21 heavy (non-hydrogen) atoms. The third-order valence-electron chi connectivity index (χ3n) is 3.70. The van der Waals surface area contributed by atoms with Crippen LogP contribution in [0, 0.1) is 0 Å². The van der Waals surface area contributed by atoms with E-state index in [1.807, 2.05) is 11.8 Å². The van der Waals surface area contributed by atoms with Crippen molar-refractivity contribution in [2.45, 2.75) is 51.3 Å². The summed E-state index contributed by atoms with van der Waals surface area (Å²) in [5.41, 5.74) is 2.82. The fraction of sp³-hybridized carbons (Fsp3) is 0.667. The van der Waals surface area contributed by atoms with Crippen LogP contribution < -0.4 is 5.32 Å². The topological polar surface area (TPSA) is 21.3 Å². The van der Waals surface area contributed by atoms with Crippen LogP contribution in [0.2, 0.25) is 0 Å². The number of benzene rings is 1. The average molecular weight is 310 g/mol. The molecule has 2 atom stereocenters. The summed E-state index contributed by atoms with van der Waals surface area (Å²) in [5.74, 6) is 1.16. The predicted molar refractivity (Wildman–Crippen MR) is 95.3 cm³/mol. The first-order valence-corrected chi connectivity index (χ1v) is 9.20. The van der Waals surface area contributed by atoms with Crippen LogP contribution in [0.5, 0.6) is 0 Å². The Balaban J connectivity index is 2.63. The van der Waals surface area contributed by atoms with E-state index in [1.165, 1.54) is 17.5 Å². The smallest absolute Gasteiger partial charge is 0.0470 e. The van der Waals surface area contributed by atoms with Gasteiger partial charge in [-0.05, 0) is 42.7 Å². The highest BCUT2D eigenvalue weighted by Gasteiger charge is 2.18. The van der Waals surface area contributed by atoms with Crippen molar-refractivity contribution in [1.29, 1.82) is 0 Å². The van der Waals surface area contributed by atoms with Crippen LogP contribution in [0.3, 0.4) is 0 Å². The Kier molecular flexibility index (Phi) is 9.81. The number of nitrogens with one attached hydrogen (secondary N) is 1. The molecule has 0 amide bonds. The Morgan fingerprint density at radius 1 is 1.19 bits per heavy atom. The SMILES string of the molecule is CCCNC(c1ccc(CC)cc1)C(C)SCCCOC. The van der Waals surface area contributed by atoms with Crippen LogP contribution in [-0.4, -0.2) is 31.3 Å². The molecule has 0 saturated carbocycles. The molecule has 1 rings (SSSR count). The standard InChI is InChI=1S/C18H31NOS/c1-5-12-19-18(15(3)21-14-7-13-20-4)17-10-8-16(6-2)9-11-17/h8-11,15,18-19H,5-7,12-14H2,1-4H3. The van der Waals surface area contributed by atoms with Gasteiger partial charge in [-0.15, -0.1) is 0 Å². The fourth-order valence-electron chi connectivity index (χ4n) is 2.38. The molecule has 2 nitrogen and oxygen atoms in total. The molecule has 0 spiro atoms. The fourth-order valence-corrected chi connectivity index (χ4v) is 3.49. The molecule has 0 heterocycles. The lowest BCUT2D eigenvalue weighted by molar-refractivity contribution is 0.200. The molecule has 0 aliphatic carbocycles. The zero-order valence-electron chi connectivity index (χ0n) is 14.0. The summed E-state index contributed by atoms with van der Waals surface area (Å²) in [5, 5.41) is 4.28. The van der Waals surface area contributed by atoms with Gasteiger partial charge in [0, 0.05) is 25.0 Å². The number of aryl methyl sites for hydroxylation is 1. The normalized spacial score (nSPS) is 14.1. The monoisotopic (exact) mass is 309 g/mol. The van der Waals surface area contributed by atoms with Gasteiger partial charge < -0.3 is 10.1 Å². The van der Waals surface area contributed by atoms with E-state index in [9.17, 15) is 0 Å². The van der Waals surface area contributed by atoms with Gasteiger partial charge in [0.05, 0.1) is 0 Å². The predicted octanol–water partition coefficient (Wildman–Crippen LogP) is 4.45. The van der Waals surface area contributed by atoms with Crippen molar-refractivity contribution in [3.05, 3.63) is 35.4 Å². The first-order valence-electron chi connectivity index (χ1n) is 8.15. The van der Waals surface area contributed by atoms with Crippen molar-refractivity contribution in [3.8, 4) is 0 Å². The molecule has 0 saturated heterocycles. The number of methoxy groups -OCH3 is 1. The average Bonchev–Trinajstić information content (AvgIpc) is 2.52. The summed E-state index contributed by atoms with van der Waals surface area (Å²) in [6.07, 6.45) is 3.40. The lowest BCUT2D eigenvalue weighted by Gasteiger charge is -2.25. The number of thioether (sulfide) groups is 1. The molecule has 1 aromatic rings. The highest BCUT2D eigenvalue weighted by Crippen LogP contribution is 2.27. The van der Waals surface area contributed by atoms with E-state index >= 15 is 0 Å².